The van der Waals surface area contributed by atoms with Crippen LogP contribution in [-0.2, 0) is 17.8 Å². The molecule has 0 atom stereocenters. The van der Waals surface area contributed by atoms with Crippen molar-refractivity contribution < 1.29 is 9.21 Å². The smallest absolute Gasteiger partial charge is 0.224 e. The number of hydrogen-bond donors (Lipinski definition) is 1. The lowest BCUT2D eigenvalue weighted by atomic mass is 10.0. The van der Waals surface area contributed by atoms with Crippen LogP contribution in [0.15, 0.2) is 47.1 Å². The van der Waals surface area contributed by atoms with Gasteiger partial charge in [0, 0.05) is 49.4 Å². The predicted molar refractivity (Wildman–Crippen MR) is 117 cm³/mol. The van der Waals surface area contributed by atoms with E-state index in [2.05, 4.69) is 60.3 Å². The Morgan fingerprint density at radius 1 is 1.03 bits per heavy atom. The third kappa shape index (κ3) is 4.30. The molecular weight excluding hydrogens is 362 g/mol. The second-order valence-corrected chi connectivity index (χ2v) is 8.07. The third-order valence-electron chi connectivity index (χ3n) is 5.93. The van der Waals surface area contributed by atoms with Gasteiger partial charge in [-0.2, -0.15) is 0 Å². The number of piperazine rings is 1. The molecule has 2 heterocycles. The van der Waals surface area contributed by atoms with Gasteiger partial charge >= 0.3 is 0 Å². The number of nitrogens with one attached hydrogen (secondary N) is 1. The van der Waals surface area contributed by atoms with E-state index in [1.165, 1.54) is 16.8 Å². The summed E-state index contributed by atoms with van der Waals surface area (Å²) in [5.41, 5.74) is 6.57. The van der Waals surface area contributed by atoms with Crippen molar-refractivity contribution in [2.75, 3.05) is 38.1 Å². The summed E-state index contributed by atoms with van der Waals surface area (Å²) in [6.45, 7) is 8.85. The van der Waals surface area contributed by atoms with Crippen molar-refractivity contribution in [2.24, 2.45) is 0 Å². The standard InChI is InChI=1S/C24H29N3O2/c1-17-12-21-20(16-29-23(21)13-18(17)2)14-24(28)25-15-19-6-4-5-7-22(19)27-10-8-26(3)9-11-27/h4-7,12-13,16H,8-11,14-15H2,1-3H3,(H,25,28). The van der Waals surface area contributed by atoms with Crippen LogP contribution >= 0.6 is 0 Å². The fourth-order valence-electron chi connectivity index (χ4n) is 3.92. The minimum absolute atomic E-state index is 0.0131. The van der Waals surface area contributed by atoms with Gasteiger partial charge in [0.2, 0.25) is 5.91 Å². The van der Waals surface area contributed by atoms with Crippen LogP contribution in [0.5, 0.6) is 0 Å². The molecule has 0 unspecified atom stereocenters. The van der Waals surface area contributed by atoms with Crippen molar-refractivity contribution in [3.05, 3.63) is 64.9 Å². The number of carbonyl (C=O) groups is 1. The van der Waals surface area contributed by atoms with Crippen LogP contribution in [0.2, 0.25) is 0 Å². The maximum atomic E-state index is 12.6. The van der Waals surface area contributed by atoms with Crippen molar-refractivity contribution in [1.29, 1.82) is 0 Å². The lowest BCUT2D eigenvalue weighted by Crippen LogP contribution is -2.45. The van der Waals surface area contributed by atoms with Gasteiger partial charge in [0.1, 0.15) is 5.58 Å². The van der Waals surface area contributed by atoms with E-state index in [0.717, 1.165) is 48.3 Å². The SMILES string of the molecule is Cc1cc2occ(CC(=O)NCc3ccccc3N3CCN(C)CC3)c2cc1C. The second-order valence-electron chi connectivity index (χ2n) is 8.07. The molecule has 1 saturated heterocycles. The Kier molecular flexibility index (Phi) is 5.58. The normalized spacial score (nSPS) is 15.1. The quantitative estimate of drug-likeness (QED) is 0.721. The summed E-state index contributed by atoms with van der Waals surface area (Å²) < 4.78 is 5.67. The minimum atomic E-state index is 0.0131. The molecule has 0 aliphatic carbocycles. The fraction of sp³-hybridized carbons (Fsp3) is 0.375. The first-order valence-corrected chi connectivity index (χ1v) is 10.3. The number of fused-ring (bicyclic) bond motifs is 1. The van der Waals surface area contributed by atoms with E-state index in [1.807, 2.05) is 12.1 Å². The van der Waals surface area contributed by atoms with Crippen molar-refractivity contribution in [1.82, 2.24) is 10.2 Å². The van der Waals surface area contributed by atoms with Gasteiger partial charge in [-0.3, -0.25) is 4.79 Å². The third-order valence-corrected chi connectivity index (χ3v) is 5.93. The minimum Gasteiger partial charge on any atom is -0.464 e. The van der Waals surface area contributed by atoms with Crippen LogP contribution in [0.25, 0.3) is 11.0 Å². The molecule has 3 aromatic rings. The first kappa shape index (κ1) is 19.5. The van der Waals surface area contributed by atoms with Crippen molar-refractivity contribution in [3.63, 3.8) is 0 Å². The summed E-state index contributed by atoms with van der Waals surface area (Å²) in [6, 6.07) is 12.5. The molecule has 0 saturated carbocycles. The zero-order chi connectivity index (χ0) is 20.4. The average molecular weight is 392 g/mol. The molecular formula is C24H29N3O2. The molecule has 4 rings (SSSR count). The Labute approximate surface area is 172 Å². The molecule has 1 aliphatic heterocycles. The molecule has 152 valence electrons. The Morgan fingerprint density at radius 3 is 2.55 bits per heavy atom. The van der Waals surface area contributed by atoms with Gasteiger partial charge in [-0.1, -0.05) is 18.2 Å². The zero-order valence-corrected chi connectivity index (χ0v) is 17.5. The number of nitrogens with zero attached hydrogens (tertiary/aromatic N) is 2. The monoisotopic (exact) mass is 391 g/mol. The molecule has 5 heteroatoms. The van der Waals surface area contributed by atoms with Crippen molar-refractivity contribution >= 4 is 22.6 Å². The first-order chi connectivity index (χ1) is 14.0. The summed E-state index contributed by atoms with van der Waals surface area (Å²) in [7, 11) is 2.16. The van der Waals surface area contributed by atoms with Crippen LogP contribution in [0, 0.1) is 13.8 Å². The van der Waals surface area contributed by atoms with E-state index in [9.17, 15) is 4.79 Å². The number of rotatable bonds is 5. The van der Waals surface area contributed by atoms with Crippen molar-refractivity contribution in [3.8, 4) is 0 Å². The van der Waals surface area contributed by atoms with Crippen LogP contribution in [0.4, 0.5) is 5.69 Å². The fourth-order valence-corrected chi connectivity index (χ4v) is 3.92. The molecule has 1 fully saturated rings. The van der Waals surface area contributed by atoms with Crippen LogP contribution in [0.3, 0.4) is 0 Å². The molecule has 0 radical (unpaired) electrons. The van der Waals surface area contributed by atoms with Gasteiger partial charge in [-0.25, -0.2) is 0 Å². The largest absolute Gasteiger partial charge is 0.464 e. The van der Waals surface area contributed by atoms with Crippen LogP contribution in [-0.4, -0.2) is 44.0 Å². The molecule has 1 N–H and O–H groups in total. The molecule has 1 aliphatic rings. The lowest BCUT2D eigenvalue weighted by molar-refractivity contribution is -0.120. The van der Waals surface area contributed by atoms with E-state index in [-0.39, 0.29) is 5.91 Å². The summed E-state index contributed by atoms with van der Waals surface area (Å²) in [6.07, 6.45) is 2.04. The van der Waals surface area contributed by atoms with Crippen LogP contribution in [0.1, 0.15) is 22.3 Å². The van der Waals surface area contributed by atoms with Gasteiger partial charge in [-0.05, 0) is 55.8 Å². The highest BCUT2D eigenvalue weighted by atomic mass is 16.3. The van der Waals surface area contributed by atoms with E-state index in [4.69, 9.17) is 4.42 Å². The van der Waals surface area contributed by atoms with Gasteiger partial charge < -0.3 is 19.5 Å². The highest BCUT2D eigenvalue weighted by Gasteiger charge is 2.17. The maximum Gasteiger partial charge on any atom is 0.224 e. The Balaban J connectivity index is 1.42. The lowest BCUT2D eigenvalue weighted by Gasteiger charge is -2.35. The first-order valence-electron chi connectivity index (χ1n) is 10.3. The number of para-hydroxylation sites is 1. The maximum absolute atomic E-state index is 12.6. The number of likely N-dealkylation sites (N-methyl/N-ethyl adjacent to an activating group) is 1. The van der Waals surface area contributed by atoms with E-state index < -0.39 is 0 Å². The highest BCUT2D eigenvalue weighted by molar-refractivity contribution is 5.88. The van der Waals surface area contributed by atoms with Gasteiger partial charge in [0.15, 0.2) is 0 Å². The Bertz CT molecular complexity index is 1020. The predicted octanol–water partition coefficient (Wildman–Crippen LogP) is 3.66. The van der Waals surface area contributed by atoms with E-state index >= 15 is 0 Å². The molecule has 1 aromatic heterocycles. The zero-order valence-electron chi connectivity index (χ0n) is 17.5. The van der Waals surface area contributed by atoms with Gasteiger partial charge in [-0.15, -0.1) is 0 Å². The molecule has 5 nitrogen and oxygen atoms in total. The molecule has 2 aromatic carbocycles. The number of benzene rings is 2. The van der Waals surface area contributed by atoms with E-state index in [1.54, 1.807) is 6.26 Å². The number of anilines is 1. The summed E-state index contributed by atoms with van der Waals surface area (Å²) in [5.74, 6) is 0.0131. The topological polar surface area (TPSA) is 48.7 Å². The highest BCUT2D eigenvalue weighted by Crippen LogP contribution is 2.25. The summed E-state index contributed by atoms with van der Waals surface area (Å²) in [5, 5.41) is 4.13. The Hall–Kier alpha value is -2.79. The van der Waals surface area contributed by atoms with Crippen LogP contribution < -0.4 is 10.2 Å². The molecule has 29 heavy (non-hydrogen) atoms. The number of aryl methyl sites for hydroxylation is 2. The molecule has 0 spiro atoms. The molecule has 1 amide bonds. The Morgan fingerprint density at radius 2 is 1.76 bits per heavy atom. The number of carbonyl (C=O) groups excluding carboxylic acids is 1. The number of hydrogen-bond acceptors (Lipinski definition) is 4. The van der Waals surface area contributed by atoms with Gasteiger partial charge in [0.25, 0.3) is 0 Å². The van der Waals surface area contributed by atoms with E-state index in [0.29, 0.717) is 13.0 Å². The van der Waals surface area contributed by atoms with Crippen molar-refractivity contribution in [2.45, 2.75) is 26.8 Å². The number of furan rings is 1. The van der Waals surface area contributed by atoms with Gasteiger partial charge in [0.05, 0.1) is 12.7 Å². The average Bonchev–Trinajstić information content (AvgIpc) is 3.09. The molecule has 0 bridgehead atoms. The second kappa shape index (κ2) is 8.29. The number of amides is 1. The summed E-state index contributed by atoms with van der Waals surface area (Å²) >= 11 is 0. The summed E-state index contributed by atoms with van der Waals surface area (Å²) in [4.78, 5) is 17.4.